The van der Waals surface area contributed by atoms with Crippen molar-refractivity contribution in [1.29, 1.82) is 0 Å². The molecule has 1 fully saturated rings. The van der Waals surface area contributed by atoms with Crippen LogP contribution in [0.3, 0.4) is 0 Å². The van der Waals surface area contributed by atoms with Crippen molar-refractivity contribution in [1.82, 2.24) is 9.97 Å². The number of nitrogens with one attached hydrogen (secondary N) is 1. The Morgan fingerprint density at radius 1 is 1.13 bits per heavy atom. The minimum absolute atomic E-state index is 0.0156. The average Bonchev–Trinajstić information content (AvgIpc) is 3.65. The van der Waals surface area contributed by atoms with Crippen molar-refractivity contribution in [3.8, 4) is 17.2 Å². The first kappa shape index (κ1) is 27.1. The largest absolute Gasteiger partial charge is 0.491 e. The van der Waals surface area contributed by atoms with Gasteiger partial charge < -0.3 is 14.6 Å². The van der Waals surface area contributed by atoms with E-state index in [2.05, 4.69) is 15.3 Å². The molecule has 5 rings (SSSR count). The van der Waals surface area contributed by atoms with E-state index >= 15 is 0 Å². The van der Waals surface area contributed by atoms with Crippen LogP contribution < -0.4 is 14.8 Å². The summed E-state index contributed by atoms with van der Waals surface area (Å²) in [6, 6.07) is 7.76. The van der Waals surface area contributed by atoms with E-state index in [-0.39, 0.29) is 34.3 Å². The number of hydrogen-bond donors (Lipinski definition) is 2. The van der Waals surface area contributed by atoms with Crippen LogP contribution in [0.25, 0.3) is 0 Å². The van der Waals surface area contributed by atoms with E-state index < -0.39 is 21.7 Å². The predicted octanol–water partition coefficient (Wildman–Crippen LogP) is 5.20. The normalized spacial score (nSPS) is 16.9. The number of aliphatic carboxylic acids is 1. The maximum Gasteiger partial charge on any atom is 0.304 e. The van der Waals surface area contributed by atoms with E-state index in [9.17, 15) is 23.1 Å². The topological polar surface area (TPSA) is 145 Å². The smallest absolute Gasteiger partial charge is 0.304 e. The molecular formula is C27H29N3O7S2. The monoisotopic (exact) mass is 571 g/mol. The molecule has 0 aliphatic heterocycles. The van der Waals surface area contributed by atoms with Crippen LogP contribution in [0, 0.1) is 0 Å². The second kappa shape index (κ2) is 10.9. The molecule has 0 saturated heterocycles. The zero-order valence-electron chi connectivity index (χ0n) is 21.5. The van der Waals surface area contributed by atoms with Gasteiger partial charge in [0.2, 0.25) is 0 Å². The number of carboxylic acid groups (broad SMARTS) is 1. The second-order valence-electron chi connectivity index (χ2n) is 10.0. The van der Waals surface area contributed by atoms with Crippen LogP contribution in [0.2, 0.25) is 0 Å². The average molecular weight is 572 g/mol. The Kier molecular flexibility index (Phi) is 7.59. The van der Waals surface area contributed by atoms with Gasteiger partial charge in [-0.15, -0.1) is 11.3 Å². The lowest BCUT2D eigenvalue weighted by Gasteiger charge is -2.18. The summed E-state index contributed by atoms with van der Waals surface area (Å²) in [4.78, 5) is 34.1. The fraction of sp³-hybridized carbons (Fsp3) is 0.407. The number of carbonyl (C=O) groups is 2. The lowest BCUT2D eigenvalue weighted by atomic mass is 9.89. The third kappa shape index (κ3) is 6.39. The number of nitrogens with zero attached hydrogens (tertiary/aromatic N) is 2. The minimum atomic E-state index is -3.41. The molecule has 39 heavy (non-hydrogen) atoms. The van der Waals surface area contributed by atoms with Gasteiger partial charge in [-0.2, -0.15) is 0 Å². The van der Waals surface area contributed by atoms with Gasteiger partial charge >= 0.3 is 5.97 Å². The Morgan fingerprint density at radius 3 is 2.56 bits per heavy atom. The van der Waals surface area contributed by atoms with Gasteiger partial charge in [-0.1, -0.05) is 0 Å². The van der Waals surface area contributed by atoms with Crippen LogP contribution >= 0.6 is 11.3 Å². The Hall–Kier alpha value is -3.51. The lowest BCUT2D eigenvalue weighted by molar-refractivity contribution is -0.137. The molecule has 2 N–H and O–H groups in total. The van der Waals surface area contributed by atoms with E-state index in [0.717, 1.165) is 29.8 Å². The third-order valence-electron chi connectivity index (χ3n) is 6.43. The van der Waals surface area contributed by atoms with Gasteiger partial charge in [0.05, 0.1) is 29.7 Å². The molecule has 1 unspecified atom stereocenters. The number of benzene rings is 1. The van der Waals surface area contributed by atoms with Gasteiger partial charge in [-0.3, -0.25) is 14.9 Å². The Morgan fingerprint density at radius 2 is 1.90 bits per heavy atom. The van der Waals surface area contributed by atoms with Crippen molar-refractivity contribution < 1.29 is 32.6 Å². The quantitative estimate of drug-likeness (QED) is 0.335. The lowest BCUT2D eigenvalue weighted by Crippen LogP contribution is -2.14. The van der Waals surface area contributed by atoms with Gasteiger partial charge in [0.1, 0.15) is 17.2 Å². The highest BCUT2D eigenvalue weighted by Gasteiger charge is 2.37. The van der Waals surface area contributed by atoms with Gasteiger partial charge in [0.25, 0.3) is 5.91 Å². The summed E-state index contributed by atoms with van der Waals surface area (Å²) >= 11 is 1.36. The molecule has 2 aromatic heterocycles. The third-order valence-corrected chi connectivity index (χ3v) is 9.65. The molecule has 1 saturated carbocycles. The molecule has 0 spiro atoms. The molecule has 1 amide bonds. The van der Waals surface area contributed by atoms with E-state index in [0.29, 0.717) is 35.2 Å². The highest BCUT2D eigenvalue weighted by Crippen LogP contribution is 2.39. The molecule has 206 valence electrons. The summed E-state index contributed by atoms with van der Waals surface area (Å²) in [6.07, 6.45) is 4.97. The van der Waals surface area contributed by atoms with Crippen molar-refractivity contribution in [3.63, 3.8) is 0 Å². The number of carboxylic acids is 1. The molecule has 2 aliphatic carbocycles. The zero-order chi connectivity index (χ0) is 27.7. The van der Waals surface area contributed by atoms with Crippen LogP contribution in [0.4, 0.5) is 5.13 Å². The van der Waals surface area contributed by atoms with E-state index in [1.165, 1.54) is 29.7 Å². The number of pyridine rings is 1. The van der Waals surface area contributed by atoms with Crippen LogP contribution in [-0.4, -0.2) is 46.7 Å². The van der Waals surface area contributed by atoms with Crippen LogP contribution in [0.5, 0.6) is 17.2 Å². The Balaban J connectivity index is 1.36. The molecule has 3 aromatic rings. The van der Waals surface area contributed by atoms with Crippen LogP contribution in [-0.2, 0) is 21.1 Å². The summed E-state index contributed by atoms with van der Waals surface area (Å²) in [7, 11) is -3.41. The summed E-state index contributed by atoms with van der Waals surface area (Å²) in [6.45, 7) is 3.73. The molecule has 10 nitrogen and oxygen atoms in total. The van der Waals surface area contributed by atoms with Gasteiger partial charge in [-0.25, -0.2) is 18.4 Å². The highest BCUT2D eigenvalue weighted by molar-refractivity contribution is 7.92. The van der Waals surface area contributed by atoms with Gasteiger partial charge in [0, 0.05) is 22.4 Å². The maximum atomic E-state index is 13.2. The van der Waals surface area contributed by atoms with E-state index in [4.69, 9.17) is 9.47 Å². The molecule has 0 radical (unpaired) electrons. The maximum absolute atomic E-state index is 13.2. The first-order valence-electron chi connectivity index (χ1n) is 12.8. The molecule has 2 heterocycles. The Bertz CT molecular complexity index is 1500. The highest BCUT2D eigenvalue weighted by atomic mass is 32.2. The van der Waals surface area contributed by atoms with E-state index in [1.807, 2.05) is 13.8 Å². The number of anilines is 1. The molecule has 12 heteroatoms. The fourth-order valence-electron chi connectivity index (χ4n) is 4.52. The van der Waals surface area contributed by atoms with Gasteiger partial charge in [0.15, 0.2) is 20.0 Å². The number of carbonyl (C=O) groups excluding carboxylic acids is 1. The van der Waals surface area contributed by atoms with Crippen molar-refractivity contribution in [2.75, 3.05) is 5.32 Å². The fourth-order valence-corrected chi connectivity index (χ4v) is 7.16. The van der Waals surface area contributed by atoms with Gasteiger partial charge in [-0.05, 0) is 70.2 Å². The summed E-state index contributed by atoms with van der Waals surface area (Å²) in [5.74, 6) is -0.384. The van der Waals surface area contributed by atoms with Crippen LogP contribution in [0.15, 0.2) is 41.6 Å². The summed E-state index contributed by atoms with van der Waals surface area (Å²) < 4.78 is 36.6. The minimum Gasteiger partial charge on any atom is -0.491 e. The molecule has 2 aliphatic rings. The number of ether oxygens (including phenoxy) is 2. The molecule has 1 atom stereocenters. The van der Waals surface area contributed by atoms with Crippen molar-refractivity contribution in [2.24, 2.45) is 0 Å². The van der Waals surface area contributed by atoms with Crippen molar-refractivity contribution >= 4 is 38.2 Å². The first-order chi connectivity index (χ1) is 18.6. The van der Waals surface area contributed by atoms with Crippen molar-refractivity contribution in [2.45, 2.75) is 74.7 Å². The predicted molar refractivity (Wildman–Crippen MR) is 145 cm³/mol. The van der Waals surface area contributed by atoms with Crippen LogP contribution in [0.1, 0.15) is 72.8 Å². The SMILES string of the molecule is CC(C)Oc1cc(Oc2ccc(S(=O)(=O)C3CC3)nc2)cc(C(=O)Nc2nc3c(s2)CCCC3CC(=O)O)c1. The number of aryl methyl sites for hydroxylation is 1. The first-order valence-corrected chi connectivity index (χ1v) is 15.2. The molecule has 0 bridgehead atoms. The number of amides is 1. The van der Waals surface area contributed by atoms with Crippen molar-refractivity contribution in [3.05, 3.63) is 52.7 Å². The van der Waals surface area contributed by atoms with E-state index in [1.54, 1.807) is 18.2 Å². The number of rotatable bonds is 10. The number of hydrogen-bond acceptors (Lipinski definition) is 9. The zero-order valence-corrected chi connectivity index (χ0v) is 23.2. The Labute approximate surface area is 230 Å². The standard InChI is InChI=1S/C27H29N3O7S2/c1-15(2)36-19-10-17(26(33)30-27-29-25-16(12-24(31)32)4-3-5-22(25)38-27)11-20(13-19)37-18-6-9-23(28-14-18)39(34,35)21-7-8-21/h6,9-11,13-16,21H,3-5,7-8,12H2,1-2H3,(H,31,32)(H,29,30,33). The second-order valence-corrected chi connectivity index (χ2v) is 13.3. The number of sulfone groups is 1. The molecular weight excluding hydrogens is 542 g/mol. The summed E-state index contributed by atoms with van der Waals surface area (Å²) in [5.41, 5.74) is 1.03. The number of thiazole rings is 1. The number of aromatic nitrogens is 2. The summed E-state index contributed by atoms with van der Waals surface area (Å²) in [5, 5.41) is 12.1. The molecule has 1 aromatic carbocycles. The number of fused-ring (bicyclic) bond motifs is 1.